The third-order valence-corrected chi connectivity index (χ3v) is 5.11. The van der Waals surface area contributed by atoms with Crippen molar-refractivity contribution in [1.29, 1.82) is 0 Å². The van der Waals surface area contributed by atoms with Gasteiger partial charge in [0, 0.05) is 11.6 Å². The molecule has 1 atom stereocenters. The van der Waals surface area contributed by atoms with Gasteiger partial charge in [0.1, 0.15) is 24.3 Å². The van der Waals surface area contributed by atoms with Gasteiger partial charge in [-0.2, -0.15) is 0 Å². The number of aromatic amines is 1. The zero-order valence-corrected chi connectivity index (χ0v) is 18.2. The average Bonchev–Trinajstić information content (AvgIpc) is 2.72. The molecule has 0 aliphatic rings. The van der Waals surface area contributed by atoms with Crippen molar-refractivity contribution in [3.8, 4) is 5.75 Å². The van der Waals surface area contributed by atoms with Crippen LogP contribution in [-0.2, 0) is 13.0 Å². The summed E-state index contributed by atoms with van der Waals surface area (Å²) < 4.78 is 5.72. The highest BCUT2D eigenvalue weighted by atomic mass is 35.5. The zero-order chi connectivity index (χ0) is 21.5. The Bertz CT molecular complexity index is 1020. The fourth-order valence-corrected chi connectivity index (χ4v) is 3.53. The Hall–Kier alpha value is -2.41. The fraction of sp³-hybridized carbons (Fsp3) is 0.391. The van der Waals surface area contributed by atoms with Gasteiger partial charge < -0.3 is 14.8 Å². The van der Waals surface area contributed by atoms with Crippen molar-refractivity contribution in [3.05, 3.63) is 69.2 Å². The molecule has 0 amide bonds. The Labute approximate surface area is 181 Å². The number of aryl methyl sites for hydroxylation is 1. The third-order valence-electron chi connectivity index (χ3n) is 4.87. The van der Waals surface area contributed by atoms with Gasteiger partial charge in [-0.25, -0.2) is 4.98 Å². The topological polar surface area (TPSA) is 78.5 Å². The van der Waals surface area contributed by atoms with Crippen molar-refractivity contribution in [2.75, 3.05) is 19.7 Å². The number of H-pyrrole nitrogens is 1. The van der Waals surface area contributed by atoms with Crippen LogP contribution >= 0.6 is 11.6 Å². The molecular formula is C23H28ClN3O3. The van der Waals surface area contributed by atoms with E-state index >= 15 is 0 Å². The van der Waals surface area contributed by atoms with Gasteiger partial charge in [0.05, 0.1) is 17.4 Å². The fourth-order valence-electron chi connectivity index (χ4n) is 3.36. The van der Waals surface area contributed by atoms with Crippen LogP contribution in [-0.4, -0.2) is 45.8 Å². The van der Waals surface area contributed by atoms with Gasteiger partial charge in [-0.15, -0.1) is 0 Å². The summed E-state index contributed by atoms with van der Waals surface area (Å²) in [6.07, 6.45) is 1.23. The molecule has 0 saturated heterocycles. The summed E-state index contributed by atoms with van der Waals surface area (Å²) in [5.41, 5.74) is 1.62. The molecule has 2 aromatic carbocycles. The van der Waals surface area contributed by atoms with Gasteiger partial charge in [0.25, 0.3) is 5.56 Å². The summed E-state index contributed by atoms with van der Waals surface area (Å²) in [6.45, 7) is 5.98. The van der Waals surface area contributed by atoms with E-state index in [1.165, 1.54) is 5.56 Å². The maximum Gasteiger partial charge on any atom is 0.258 e. The highest BCUT2D eigenvalue weighted by molar-refractivity contribution is 6.31. The van der Waals surface area contributed by atoms with Crippen molar-refractivity contribution in [2.24, 2.45) is 0 Å². The molecule has 6 nitrogen and oxygen atoms in total. The molecule has 1 aromatic heterocycles. The summed E-state index contributed by atoms with van der Waals surface area (Å²) in [7, 11) is 0. The van der Waals surface area contributed by atoms with Crippen LogP contribution in [0.25, 0.3) is 10.9 Å². The van der Waals surface area contributed by atoms with Gasteiger partial charge in [-0.1, -0.05) is 37.6 Å². The van der Waals surface area contributed by atoms with E-state index in [1.54, 1.807) is 18.2 Å². The highest BCUT2D eigenvalue weighted by Gasteiger charge is 2.15. The van der Waals surface area contributed by atoms with Gasteiger partial charge in [-0.05, 0) is 55.3 Å². The molecule has 0 fully saturated rings. The van der Waals surface area contributed by atoms with E-state index in [1.807, 2.05) is 24.3 Å². The van der Waals surface area contributed by atoms with Gasteiger partial charge >= 0.3 is 0 Å². The maximum atomic E-state index is 12.4. The van der Waals surface area contributed by atoms with Crippen LogP contribution < -0.4 is 10.3 Å². The molecule has 3 rings (SSSR count). The molecule has 0 spiro atoms. The van der Waals surface area contributed by atoms with Crippen LogP contribution in [0, 0.1) is 0 Å². The van der Waals surface area contributed by atoms with Gasteiger partial charge in [0.2, 0.25) is 0 Å². The lowest BCUT2D eigenvalue weighted by Gasteiger charge is -2.24. The number of halogens is 1. The Morgan fingerprint density at radius 2 is 1.97 bits per heavy atom. The Balaban J connectivity index is 1.63. The molecule has 7 heteroatoms. The van der Waals surface area contributed by atoms with Crippen molar-refractivity contribution < 1.29 is 9.84 Å². The second kappa shape index (κ2) is 10.6. The highest BCUT2D eigenvalue weighted by Crippen LogP contribution is 2.16. The maximum absolute atomic E-state index is 12.4. The van der Waals surface area contributed by atoms with E-state index < -0.39 is 6.10 Å². The van der Waals surface area contributed by atoms with Crippen LogP contribution in [0.15, 0.2) is 47.3 Å². The molecule has 1 heterocycles. The molecular weight excluding hydrogens is 402 g/mol. The number of fused-ring (bicyclic) bond motifs is 1. The van der Waals surface area contributed by atoms with E-state index in [9.17, 15) is 9.90 Å². The lowest BCUT2D eigenvalue weighted by molar-refractivity contribution is 0.0647. The van der Waals surface area contributed by atoms with E-state index in [0.717, 1.165) is 25.1 Å². The first-order valence-electron chi connectivity index (χ1n) is 10.3. The van der Waals surface area contributed by atoms with Crippen LogP contribution in [0.2, 0.25) is 5.02 Å². The number of hydrogen-bond acceptors (Lipinski definition) is 5. The second-order valence-electron chi connectivity index (χ2n) is 7.37. The first-order chi connectivity index (χ1) is 14.5. The summed E-state index contributed by atoms with van der Waals surface area (Å²) in [6, 6.07) is 12.9. The number of aliphatic hydroxyl groups is 1. The average molecular weight is 430 g/mol. The van der Waals surface area contributed by atoms with Crippen molar-refractivity contribution >= 4 is 22.5 Å². The van der Waals surface area contributed by atoms with Crippen molar-refractivity contribution in [3.63, 3.8) is 0 Å². The summed E-state index contributed by atoms with van der Waals surface area (Å²) in [5.74, 6) is 1.29. The Morgan fingerprint density at radius 3 is 2.67 bits per heavy atom. The number of hydrogen-bond donors (Lipinski definition) is 2. The first-order valence-corrected chi connectivity index (χ1v) is 10.7. The number of aliphatic hydroxyl groups excluding tert-OH is 1. The number of nitrogens with zero attached hydrogens (tertiary/aromatic N) is 2. The van der Waals surface area contributed by atoms with Gasteiger partial charge in [0.15, 0.2) is 0 Å². The van der Waals surface area contributed by atoms with Gasteiger partial charge in [-0.3, -0.25) is 9.69 Å². The van der Waals surface area contributed by atoms with E-state index in [4.69, 9.17) is 16.3 Å². The number of aromatic nitrogens is 2. The standard InChI is InChI=1S/C23H28ClN3O3/c1-3-11-27(13-18(28)15-30-19-8-5-16(4-2)6-9-19)14-22-25-21-12-17(24)7-10-20(21)23(29)26-22/h5-10,12,18,28H,3-4,11,13-15H2,1-2H3,(H,25,26,29)/t18-/m0/s1. The zero-order valence-electron chi connectivity index (χ0n) is 17.4. The molecule has 0 saturated carbocycles. The quantitative estimate of drug-likeness (QED) is 0.512. The minimum Gasteiger partial charge on any atom is -0.491 e. The van der Waals surface area contributed by atoms with Crippen LogP contribution in [0.1, 0.15) is 31.7 Å². The minimum absolute atomic E-state index is 0.192. The summed E-state index contributed by atoms with van der Waals surface area (Å²) in [5, 5.41) is 11.5. The summed E-state index contributed by atoms with van der Waals surface area (Å²) >= 11 is 6.04. The third kappa shape index (κ3) is 6.05. The molecule has 2 N–H and O–H groups in total. The summed E-state index contributed by atoms with van der Waals surface area (Å²) in [4.78, 5) is 21.8. The van der Waals surface area contributed by atoms with E-state index in [2.05, 4.69) is 28.7 Å². The van der Waals surface area contributed by atoms with Crippen LogP contribution in [0.5, 0.6) is 5.75 Å². The molecule has 3 aromatic rings. The molecule has 160 valence electrons. The number of rotatable bonds is 10. The second-order valence-corrected chi connectivity index (χ2v) is 7.81. The molecule has 0 aliphatic heterocycles. The van der Waals surface area contributed by atoms with Crippen molar-refractivity contribution in [1.82, 2.24) is 14.9 Å². The Morgan fingerprint density at radius 1 is 1.20 bits per heavy atom. The van der Waals surface area contributed by atoms with E-state index in [-0.39, 0.29) is 12.2 Å². The van der Waals surface area contributed by atoms with E-state index in [0.29, 0.717) is 34.8 Å². The van der Waals surface area contributed by atoms with Crippen LogP contribution in [0.4, 0.5) is 0 Å². The Kier molecular flexibility index (Phi) is 7.85. The number of nitrogens with one attached hydrogen (secondary N) is 1. The molecule has 30 heavy (non-hydrogen) atoms. The molecule has 0 unspecified atom stereocenters. The first kappa shape index (κ1) is 22.3. The predicted molar refractivity (Wildman–Crippen MR) is 120 cm³/mol. The largest absolute Gasteiger partial charge is 0.491 e. The smallest absolute Gasteiger partial charge is 0.258 e. The molecule has 0 bridgehead atoms. The molecule has 0 radical (unpaired) electrons. The van der Waals surface area contributed by atoms with Crippen LogP contribution in [0.3, 0.4) is 0 Å². The van der Waals surface area contributed by atoms with Crippen molar-refractivity contribution in [2.45, 2.75) is 39.3 Å². The lowest BCUT2D eigenvalue weighted by Crippen LogP contribution is -2.36. The molecule has 0 aliphatic carbocycles. The normalized spacial score (nSPS) is 12.4. The SMILES string of the molecule is CCCN(Cc1nc2cc(Cl)ccc2c(=O)[nH]1)C[C@H](O)COc1ccc(CC)cc1. The lowest BCUT2D eigenvalue weighted by atomic mass is 10.2. The number of benzene rings is 2. The predicted octanol–water partition coefficient (Wildman–Crippen LogP) is 3.79. The minimum atomic E-state index is -0.663. The monoisotopic (exact) mass is 429 g/mol. The number of ether oxygens (including phenoxy) is 1.